The van der Waals surface area contributed by atoms with Crippen molar-refractivity contribution in [1.82, 2.24) is 5.43 Å². The van der Waals surface area contributed by atoms with Gasteiger partial charge in [0, 0.05) is 6.07 Å². The van der Waals surface area contributed by atoms with Crippen molar-refractivity contribution in [3.8, 4) is 11.5 Å². The van der Waals surface area contributed by atoms with Gasteiger partial charge in [-0.15, -0.1) is 0 Å². The number of hydrazone groups is 1. The Morgan fingerprint density at radius 2 is 2.04 bits per heavy atom. The van der Waals surface area contributed by atoms with E-state index in [-0.39, 0.29) is 6.61 Å². The minimum atomic E-state index is -0.694. The second-order valence-electron chi connectivity index (χ2n) is 4.90. The number of ether oxygens (including phenoxy) is 1. The third-order valence-electron chi connectivity index (χ3n) is 2.99. The molecule has 0 bridgehead atoms. The van der Waals surface area contributed by atoms with E-state index in [4.69, 9.17) is 4.74 Å². The van der Waals surface area contributed by atoms with Gasteiger partial charge in [-0.1, -0.05) is 17.7 Å². The van der Waals surface area contributed by atoms with Crippen LogP contribution >= 0.6 is 0 Å². The molecule has 0 aliphatic rings. The highest BCUT2D eigenvalue weighted by molar-refractivity contribution is 5.83. The lowest BCUT2D eigenvalue weighted by atomic mass is 10.2. The van der Waals surface area contributed by atoms with E-state index in [1.54, 1.807) is 12.1 Å². The number of nitrogens with zero attached hydrogens (tertiary/aromatic N) is 2. The molecule has 2 aromatic carbocycles. The number of aryl methyl sites for hydroxylation is 1. The van der Waals surface area contributed by atoms with Gasteiger partial charge in [0.1, 0.15) is 5.75 Å². The fraction of sp³-hybridized carbons (Fsp3) is 0.125. The number of phenolic OH excluding ortho intramolecular Hbond substituents is 1. The molecule has 124 valence electrons. The minimum Gasteiger partial charge on any atom is -0.502 e. The van der Waals surface area contributed by atoms with E-state index in [1.165, 1.54) is 18.3 Å². The van der Waals surface area contributed by atoms with Gasteiger partial charge in [0.2, 0.25) is 0 Å². The van der Waals surface area contributed by atoms with Crippen LogP contribution in [0, 0.1) is 17.0 Å². The zero-order chi connectivity index (χ0) is 17.5. The Kier molecular flexibility index (Phi) is 5.45. The Balaban J connectivity index is 1.84. The molecule has 2 N–H and O–H groups in total. The molecule has 0 saturated heterocycles. The molecule has 8 nitrogen and oxygen atoms in total. The number of hydrogen-bond acceptors (Lipinski definition) is 6. The molecule has 1 amide bonds. The molecule has 0 unspecified atom stereocenters. The van der Waals surface area contributed by atoms with Gasteiger partial charge in [-0.3, -0.25) is 14.9 Å². The van der Waals surface area contributed by atoms with Crippen LogP contribution in [-0.2, 0) is 4.79 Å². The van der Waals surface area contributed by atoms with Gasteiger partial charge in [-0.25, -0.2) is 5.43 Å². The van der Waals surface area contributed by atoms with Crippen LogP contribution < -0.4 is 10.2 Å². The first-order valence-electron chi connectivity index (χ1n) is 6.94. The molecule has 24 heavy (non-hydrogen) atoms. The van der Waals surface area contributed by atoms with Gasteiger partial charge >= 0.3 is 5.69 Å². The molecule has 0 heterocycles. The molecule has 0 spiro atoms. The molecule has 0 fully saturated rings. The maximum absolute atomic E-state index is 11.6. The van der Waals surface area contributed by atoms with Crippen molar-refractivity contribution in [2.45, 2.75) is 6.92 Å². The highest BCUT2D eigenvalue weighted by atomic mass is 16.6. The van der Waals surface area contributed by atoms with Crippen molar-refractivity contribution >= 4 is 17.8 Å². The van der Waals surface area contributed by atoms with Crippen LogP contribution in [0.25, 0.3) is 0 Å². The summed E-state index contributed by atoms with van der Waals surface area (Å²) in [5.41, 5.74) is 3.35. The fourth-order valence-corrected chi connectivity index (χ4v) is 1.77. The van der Waals surface area contributed by atoms with Crippen molar-refractivity contribution in [3.63, 3.8) is 0 Å². The maximum Gasteiger partial charge on any atom is 0.310 e. The van der Waals surface area contributed by atoms with Crippen LogP contribution in [0.5, 0.6) is 11.5 Å². The normalized spacial score (nSPS) is 10.5. The quantitative estimate of drug-likeness (QED) is 0.479. The predicted octanol–water partition coefficient (Wildman–Crippen LogP) is 2.14. The minimum absolute atomic E-state index is 0.202. The summed E-state index contributed by atoms with van der Waals surface area (Å²) in [5, 5.41) is 23.8. The smallest absolute Gasteiger partial charge is 0.310 e. The third-order valence-corrected chi connectivity index (χ3v) is 2.99. The van der Waals surface area contributed by atoms with E-state index >= 15 is 0 Å². The average molecular weight is 329 g/mol. The Hall–Kier alpha value is -3.42. The average Bonchev–Trinajstić information content (AvgIpc) is 2.54. The summed E-state index contributed by atoms with van der Waals surface area (Å²) in [4.78, 5) is 21.5. The summed E-state index contributed by atoms with van der Waals surface area (Å²) in [6.07, 6.45) is 1.26. The van der Waals surface area contributed by atoms with Crippen LogP contribution in [0.4, 0.5) is 5.69 Å². The summed E-state index contributed by atoms with van der Waals surface area (Å²) in [7, 11) is 0. The fourth-order valence-electron chi connectivity index (χ4n) is 1.77. The standard InChI is InChI=1S/C16H15N3O5/c1-11-2-5-13(6-3-11)24-10-16(21)18-17-9-12-4-7-14(19(22)23)15(20)8-12/h2-9,20H,10H2,1H3,(H,18,21). The van der Waals surface area contributed by atoms with Crippen molar-refractivity contribution < 1.29 is 19.6 Å². The van der Waals surface area contributed by atoms with Crippen LogP contribution in [0.15, 0.2) is 47.6 Å². The van der Waals surface area contributed by atoms with Crippen molar-refractivity contribution in [2.24, 2.45) is 5.10 Å². The van der Waals surface area contributed by atoms with Gasteiger partial charge in [-0.05, 0) is 36.8 Å². The Morgan fingerprint density at radius 1 is 1.33 bits per heavy atom. The lowest BCUT2D eigenvalue weighted by Crippen LogP contribution is -2.24. The molecule has 0 aliphatic carbocycles. The predicted molar refractivity (Wildman–Crippen MR) is 87.2 cm³/mol. The van der Waals surface area contributed by atoms with Gasteiger partial charge in [0.05, 0.1) is 11.1 Å². The highest BCUT2D eigenvalue weighted by Gasteiger charge is 2.12. The van der Waals surface area contributed by atoms with Crippen LogP contribution in [0.3, 0.4) is 0 Å². The number of carbonyl (C=O) groups excluding carboxylic acids is 1. The molecule has 2 aromatic rings. The Bertz CT molecular complexity index is 772. The number of nitro benzene ring substituents is 1. The molecular weight excluding hydrogens is 314 g/mol. The number of aromatic hydroxyl groups is 1. The molecule has 0 saturated carbocycles. The zero-order valence-corrected chi connectivity index (χ0v) is 12.8. The maximum atomic E-state index is 11.6. The second-order valence-corrected chi connectivity index (χ2v) is 4.90. The van der Waals surface area contributed by atoms with Crippen molar-refractivity contribution in [3.05, 3.63) is 63.7 Å². The first-order valence-corrected chi connectivity index (χ1v) is 6.94. The van der Waals surface area contributed by atoms with E-state index in [2.05, 4.69) is 10.5 Å². The molecule has 0 radical (unpaired) electrons. The number of phenols is 1. The van der Waals surface area contributed by atoms with E-state index in [0.29, 0.717) is 11.3 Å². The first-order chi connectivity index (χ1) is 11.5. The summed E-state index contributed by atoms with van der Waals surface area (Å²) < 4.78 is 5.29. The molecule has 2 rings (SSSR count). The number of hydrogen-bond donors (Lipinski definition) is 2. The zero-order valence-electron chi connectivity index (χ0n) is 12.8. The Morgan fingerprint density at radius 3 is 2.67 bits per heavy atom. The van der Waals surface area contributed by atoms with Crippen LogP contribution in [-0.4, -0.2) is 28.8 Å². The lowest BCUT2D eigenvalue weighted by Gasteiger charge is -2.05. The second kappa shape index (κ2) is 7.73. The summed E-state index contributed by atoms with van der Waals surface area (Å²) >= 11 is 0. The lowest BCUT2D eigenvalue weighted by molar-refractivity contribution is -0.385. The number of nitro groups is 1. The van der Waals surface area contributed by atoms with E-state index in [1.807, 2.05) is 19.1 Å². The monoisotopic (exact) mass is 329 g/mol. The molecular formula is C16H15N3O5. The van der Waals surface area contributed by atoms with Crippen LogP contribution in [0.1, 0.15) is 11.1 Å². The molecule has 0 atom stereocenters. The first kappa shape index (κ1) is 16.9. The van der Waals surface area contributed by atoms with Gasteiger partial charge in [0.15, 0.2) is 12.4 Å². The molecule has 0 aromatic heterocycles. The largest absolute Gasteiger partial charge is 0.502 e. The molecule has 0 aliphatic heterocycles. The summed E-state index contributed by atoms with van der Waals surface area (Å²) in [5.74, 6) is -0.365. The number of benzene rings is 2. The van der Waals surface area contributed by atoms with Gasteiger partial charge in [-0.2, -0.15) is 5.10 Å². The van der Waals surface area contributed by atoms with Gasteiger partial charge < -0.3 is 9.84 Å². The molecule has 8 heteroatoms. The van der Waals surface area contributed by atoms with E-state index in [9.17, 15) is 20.0 Å². The summed E-state index contributed by atoms with van der Waals surface area (Å²) in [6, 6.07) is 11.0. The Labute approximate surface area is 137 Å². The summed E-state index contributed by atoms with van der Waals surface area (Å²) in [6.45, 7) is 1.74. The van der Waals surface area contributed by atoms with Crippen molar-refractivity contribution in [2.75, 3.05) is 6.61 Å². The highest BCUT2D eigenvalue weighted by Crippen LogP contribution is 2.25. The van der Waals surface area contributed by atoms with E-state index < -0.39 is 22.3 Å². The van der Waals surface area contributed by atoms with Crippen molar-refractivity contribution in [1.29, 1.82) is 0 Å². The number of carbonyl (C=O) groups is 1. The SMILES string of the molecule is Cc1ccc(OCC(=O)NN=Cc2ccc([N+](=O)[O-])c(O)c2)cc1. The topological polar surface area (TPSA) is 114 Å². The number of amides is 1. The van der Waals surface area contributed by atoms with Crippen LogP contribution in [0.2, 0.25) is 0 Å². The van der Waals surface area contributed by atoms with E-state index in [0.717, 1.165) is 11.6 Å². The number of nitrogens with one attached hydrogen (secondary N) is 1. The number of rotatable bonds is 6. The van der Waals surface area contributed by atoms with Gasteiger partial charge in [0.25, 0.3) is 5.91 Å². The third kappa shape index (κ3) is 4.80.